The van der Waals surface area contributed by atoms with Gasteiger partial charge in [-0.1, -0.05) is 38.1 Å². The van der Waals surface area contributed by atoms with Gasteiger partial charge >= 0.3 is 0 Å². The Kier molecular flexibility index (Phi) is 8.76. The van der Waals surface area contributed by atoms with Crippen LogP contribution in [0.2, 0.25) is 0 Å². The van der Waals surface area contributed by atoms with Crippen molar-refractivity contribution in [2.75, 3.05) is 26.4 Å². The fourth-order valence-corrected chi connectivity index (χ4v) is 1.77. The van der Waals surface area contributed by atoms with Gasteiger partial charge in [-0.25, -0.2) is 0 Å². The minimum atomic E-state index is 0.582. The van der Waals surface area contributed by atoms with Crippen LogP contribution < -0.4 is 10.1 Å². The first-order chi connectivity index (χ1) is 9.74. The van der Waals surface area contributed by atoms with Crippen LogP contribution in [-0.2, 0) is 11.3 Å². The Balaban J connectivity index is 2.31. The number of rotatable bonds is 11. The number of hydrogen-bond donors (Lipinski definition) is 1. The summed E-state index contributed by atoms with van der Waals surface area (Å²) in [7, 11) is 0. The summed E-state index contributed by atoms with van der Waals surface area (Å²) >= 11 is 0. The molecule has 3 nitrogen and oxygen atoms in total. The highest BCUT2D eigenvalue weighted by Crippen LogP contribution is 2.17. The largest absolute Gasteiger partial charge is 0.491 e. The Hall–Kier alpha value is -1.32. The molecule has 1 aromatic rings. The van der Waals surface area contributed by atoms with Gasteiger partial charge in [0, 0.05) is 12.1 Å². The maximum Gasteiger partial charge on any atom is 0.123 e. The minimum absolute atomic E-state index is 0.582. The summed E-state index contributed by atoms with van der Waals surface area (Å²) in [5.74, 6) is 1.59. The van der Waals surface area contributed by atoms with Crippen molar-refractivity contribution in [1.29, 1.82) is 0 Å². The second kappa shape index (κ2) is 10.5. The van der Waals surface area contributed by atoms with E-state index in [1.807, 2.05) is 24.3 Å². The number of ether oxygens (including phenoxy) is 2. The summed E-state index contributed by atoms with van der Waals surface area (Å²) in [4.78, 5) is 0. The fourth-order valence-electron chi connectivity index (χ4n) is 1.77. The highest BCUT2D eigenvalue weighted by Gasteiger charge is 2.03. The molecule has 0 amide bonds. The molecule has 0 aliphatic rings. The standard InChI is InChI=1S/C17H27NO2/c1-4-5-10-19-11-12-20-17-9-7-6-8-16(17)14-18-13-15(2)3/h4,6-9,15,18H,1,5,10-14H2,2-3H3. The summed E-state index contributed by atoms with van der Waals surface area (Å²) in [6.45, 7) is 11.8. The highest BCUT2D eigenvalue weighted by atomic mass is 16.5. The Morgan fingerprint density at radius 1 is 1.20 bits per heavy atom. The van der Waals surface area contributed by atoms with Gasteiger partial charge < -0.3 is 14.8 Å². The molecular weight excluding hydrogens is 250 g/mol. The van der Waals surface area contributed by atoms with E-state index in [1.165, 1.54) is 5.56 Å². The lowest BCUT2D eigenvalue weighted by Gasteiger charge is -2.13. The average molecular weight is 277 g/mol. The number of hydrogen-bond acceptors (Lipinski definition) is 3. The normalized spacial score (nSPS) is 10.8. The molecular formula is C17H27NO2. The van der Waals surface area contributed by atoms with E-state index in [4.69, 9.17) is 9.47 Å². The molecule has 0 bridgehead atoms. The van der Waals surface area contributed by atoms with Crippen molar-refractivity contribution in [3.8, 4) is 5.75 Å². The molecule has 0 unspecified atom stereocenters. The van der Waals surface area contributed by atoms with Gasteiger partial charge in [0.2, 0.25) is 0 Å². The topological polar surface area (TPSA) is 30.5 Å². The van der Waals surface area contributed by atoms with Crippen molar-refractivity contribution in [2.45, 2.75) is 26.8 Å². The molecule has 0 heterocycles. The highest BCUT2D eigenvalue weighted by molar-refractivity contribution is 5.33. The zero-order valence-electron chi connectivity index (χ0n) is 12.7. The van der Waals surface area contributed by atoms with E-state index in [0.717, 1.165) is 25.3 Å². The van der Waals surface area contributed by atoms with Crippen LogP contribution in [-0.4, -0.2) is 26.4 Å². The number of para-hydroxylation sites is 1. The van der Waals surface area contributed by atoms with Crippen LogP contribution in [0.15, 0.2) is 36.9 Å². The molecule has 112 valence electrons. The van der Waals surface area contributed by atoms with E-state index in [1.54, 1.807) is 0 Å². The molecule has 1 aromatic carbocycles. The molecule has 0 fully saturated rings. The van der Waals surface area contributed by atoms with Gasteiger partial charge in [0.15, 0.2) is 0 Å². The lowest BCUT2D eigenvalue weighted by molar-refractivity contribution is 0.103. The summed E-state index contributed by atoms with van der Waals surface area (Å²) in [6.07, 6.45) is 2.74. The fraction of sp³-hybridized carbons (Fsp3) is 0.529. The van der Waals surface area contributed by atoms with Gasteiger partial charge in [-0.15, -0.1) is 6.58 Å². The first-order valence-corrected chi connectivity index (χ1v) is 7.34. The smallest absolute Gasteiger partial charge is 0.123 e. The van der Waals surface area contributed by atoms with Crippen LogP contribution in [0.5, 0.6) is 5.75 Å². The van der Waals surface area contributed by atoms with E-state index in [9.17, 15) is 0 Å². The van der Waals surface area contributed by atoms with Gasteiger partial charge in [-0.3, -0.25) is 0 Å². The van der Waals surface area contributed by atoms with Gasteiger partial charge in [0.05, 0.1) is 13.2 Å². The van der Waals surface area contributed by atoms with E-state index >= 15 is 0 Å². The number of benzene rings is 1. The van der Waals surface area contributed by atoms with Crippen molar-refractivity contribution < 1.29 is 9.47 Å². The zero-order valence-corrected chi connectivity index (χ0v) is 12.7. The Labute approximate surface area is 123 Å². The zero-order chi connectivity index (χ0) is 14.6. The Bertz CT molecular complexity index is 377. The van der Waals surface area contributed by atoms with Crippen molar-refractivity contribution in [1.82, 2.24) is 5.32 Å². The first kappa shape index (κ1) is 16.7. The molecule has 0 aromatic heterocycles. The van der Waals surface area contributed by atoms with E-state index < -0.39 is 0 Å². The maximum atomic E-state index is 5.78. The van der Waals surface area contributed by atoms with E-state index in [2.05, 4.69) is 31.8 Å². The van der Waals surface area contributed by atoms with Crippen molar-refractivity contribution in [2.24, 2.45) is 5.92 Å². The summed E-state index contributed by atoms with van der Waals surface area (Å²) < 4.78 is 11.2. The predicted molar refractivity (Wildman–Crippen MR) is 84.1 cm³/mol. The first-order valence-electron chi connectivity index (χ1n) is 7.34. The second-order valence-corrected chi connectivity index (χ2v) is 5.17. The van der Waals surface area contributed by atoms with Crippen molar-refractivity contribution in [3.63, 3.8) is 0 Å². The van der Waals surface area contributed by atoms with Crippen LogP contribution >= 0.6 is 0 Å². The van der Waals surface area contributed by atoms with Gasteiger partial charge in [-0.05, 0) is 24.9 Å². The van der Waals surface area contributed by atoms with Crippen molar-refractivity contribution in [3.05, 3.63) is 42.5 Å². The van der Waals surface area contributed by atoms with Crippen molar-refractivity contribution >= 4 is 0 Å². The summed E-state index contributed by atoms with van der Waals surface area (Å²) in [5, 5.41) is 3.44. The number of nitrogens with one attached hydrogen (secondary N) is 1. The second-order valence-electron chi connectivity index (χ2n) is 5.17. The molecule has 0 atom stereocenters. The SMILES string of the molecule is C=CCCOCCOc1ccccc1CNCC(C)C. The molecule has 0 aliphatic heterocycles. The van der Waals surface area contributed by atoms with Crippen LogP contribution in [0.1, 0.15) is 25.8 Å². The third-order valence-corrected chi connectivity index (χ3v) is 2.79. The van der Waals surface area contributed by atoms with Gasteiger partial charge in [0.1, 0.15) is 12.4 Å². The van der Waals surface area contributed by atoms with Crippen LogP contribution in [0, 0.1) is 5.92 Å². The lowest BCUT2D eigenvalue weighted by Crippen LogP contribution is -2.19. The molecule has 0 aliphatic carbocycles. The molecule has 1 N–H and O–H groups in total. The molecule has 0 spiro atoms. The monoisotopic (exact) mass is 277 g/mol. The third-order valence-electron chi connectivity index (χ3n) is 2.79. The maximum absolute atomic E-state index is 5.78. The lowest BCUT2D eigenvalue weighted by atomic mass is 10.2. The third kappa shape index (κ3) is 7.31. The van der Waals surface area contributed by atoms with Crippen LogP contribution in [0.25, 0.3) is 0 Å². The Morgan fingerprint density at radius 2 is 2.00 bits per heavy atom. The quantitative estimate of drug-likeness (QED) is 0.497. The van der Waals surface area contributed by atoms with Gasteiger partial charge in [-0.2, -0.15) is 0 Å². The minimum Gasteiger partial charge on any atom is -0.491 e. The predicted octanol–water partition coefficient (Wildman–Crippen LogP) is 3.40. The molecule has 0 saturated heterocycles. The van der Waals surface area contributed by atoms with Crippen LogP contribution in [0.3, 0.4) is 0 Å². The average Bonchev–Trinajstić information content (AvgIpc) is 2.44. The molecule has 0 radical (unpaired) electrons. The van der Waals surface area contributed by atoms with E-state index in [-0.39, 0.29) is 0 Å². The molecule has 3 heteroatoms. The Morgan fingerprint density at radius 3 is 2.75 bits per heavy atom. The van der Waals surface area contributed by atoms with E-state index in [0.29, 0.717) is 25.7 Å². The van der Waals surface area contributed by atoms with Crippen LogP contribution in [0.4, 0.5) is 0 Å². The molecule has 20 heavy (non-hydrogen) atoms. The summed E-state index contributed by atoms with van der Waals surface area (Å²) in [6, 6.07) is 8.15. The van der Waals surface area contributed by atoms with Gasteiger partial charge in [0.25, 0.3) is 0 Å². The summed E-state index contributed by atoms with van der Waals surface area (Å²) in [5.41, 5.74) is 1.19. The molecule has 1 rings (SSSR count). The molecule has 0 saturated carbocycles.